The third-order valence-corrected chi connectivity index (χ3v) is 1.80. The Labute approximate surface area is 74.5 Å². The van der Waals surface area contributed by atoms with Gasteiger partial charge in [0.05, 0.1) is 0 Å². The normalized spacial score (nSPS) is 8.40. The van der Waals surface area contributed by atoms with Gasteiger partial charge in [-0.3, -0.25) is 0 Å². The molecule has 0 nitrogen and oxygen atoms in total. The predicted molar refractivity (Wildman–Crippen MR) is 53.9 cm³/mol. The minimum Gasteiger partial charge on any atom is -0.0928 e. The summed E-state index contributed by atoms with van der Waals surface area (Å²) < 4.78 is 0. The van der Waals surface area contributed by atoms with Gasteiger partial charge in [-0.2, -0.15) is 0 Å². The Bertz CT molecular complexity index is 29.7. The third-order valence-electron chi connectivity index (χ3n) is 1.24. The second-order valence-corrected chi connectivity index (χ2v) is 3.19. The van der Waals surface area contributed by atoms with E-state index >= 15 is 0 Å². The smallest absolute Gasteiger partial charge is 0.00313 e. The van der Waals surface area contributed by atoms with Gasteiger partial charge < -0.3 is 0 Å². The third kappa shape index (κ3) is 23.6. The van der Waals surface area contributed by atoms with Crippen molar-refractivity contribution in [2.24, 2.45) is 0 Å². The molecule has 0 aromatic rings. The van der Waals surface area contributed by atoms with Crippen LogP contribution < -0.4 is 0 Å². The van der Waals surface area contributed by atoms with Gasteiger partial charge in [0.25, 0.3) is 0 Å². The SMILES string of the molecule is CCCC.CCCCCBr. The van der Waals surface area contributed by atoms with Crippen LogP contribution in [0.2, 0.25) is 0 Å². The van der Waals surface area contributed by atoms with Crippen molar-refractivity contribution in [1.82, 2.24) is 0 Å². The number of rotatable bonds is 4. The van der Waals surface area contributed by atoms with Gasteiger partial charge >= 0.3 is 0 Å². The van der Waals surface area contributed by atoms with Crippen LogP contribution in [0, 0.1) is 0 Å². The number of hydrogen-bond donors (Lipinski definition) is 0. The van der Waals surface area contributed by atoms with Crippen LogP contribution in [0.3, 0.4) is 0 Å². The molecule has 0 amide bonds. The first-order chi connectivity index (χ1) is 4.83. The minimum atomic E-state index is 1.17. The fraction of sp³-hybridized carbons (Fsp3) is 1.00. The van der Waals surface area contributed by atoms with Gasteiger partial charge in [0, 0.05) is 5.33 Å². The molecule has 0 aliphatic heterocycles. The lowest BCUT2D eigenvalue weighted by molar-refractivity contribution is 0.781. The standard InChI is InChI=1S/C5H11Br.C4H10/c1-2-3-4-5-6;1-3-4-2/h2-5H2,1H3;3-4H2,1-2H3. The molecule has 0 aromatic carbocycles. The molecule has 0 aliphatic rings. The van der Waals surface area contributed by atoms with E-state index in [-0.39, 0.29) is 0 Å². The van der Waals surface area contributed by atoms with Crippen LogP contribution in [0.5, 0.6) is 0 Å². The van der Waals surface area contributed by atoms with E-state index in [1.54, 1.807) is 0 Å². The van der Waals surface area contributed by atoms with Gasteiger partial charge in [-0.25, -0.2) is 0 Å². The van der Waals surface area contributed by atoms with Crippen LogP contribution in [-0.2, 0) is 0 Å². The van der Waals surface area contributed by atoms with E-state index < -0.39 is 0 Å². The van der Waals surface area contributed by atoms with Gasteiger partial charge in [-0.15, -0.1) is 0 Å². The molecule has 0 radical (unpaired) electrons. The van der Waals surface area contributed by atoms with E-state index in [0.717, 1.165) is 0 Å². The highest BCUT2D eigenvalue weighted by molar-refractivity contribution is 9.09. The van der Waals surface area contributed by atoms with Crippen molar-refractivity contribution in [2.75, 3.05) is 5.33 Å². The van der Waals surface area contributed by atoms with E-state index in [1.165, 1.54) is 37.4 Å². The molecule has 0 saturated heterocycles. The fourth-order valence-corrected chi connectivity index (χ4v) is 0.741. The molecule has 10 heavy (non-hydrogen) atoms. The summed E-state index contributed by atoms with van der Waals surface area (Å²) in [6.45, 7) is 6.57. The second kappa shape index (κ2) is 16.2. The maximum atomic E-state index is 3.35. The largest absolute Gasteiger partial charge is 0.0928 e. The van der Waals surface area contributed by atoms with Gasteiger partial charge in [-0.05, 0) is 6.42 Å². The first kappa shape index (κ1) is 13.1. The zero-order chi connectivity index (χ0) is 8.24. The average molecular weight is 209 g/mol. The summed E-state index contributed by atoms with van der Waals surface area (Å²) in [5.74, 6) is 0. The summed E-state index contributed by atoms with van der Waals surface area (Å²) in [6.07, 6.45) is 6.66. The molecule has 0 N–H and O–H groups in total. The molecule has 0 heterocycles. The summed E-state index contributed by atoms with van der Waals surface area (Å²) >= 11 is 3.35. The molecule has 0 aliphatic carbocycles. The Morgan fingerprint density at radius 2 is 1.30 bits per heavy atom. The van der Waals surface area contributed by atoms with Crippen molar-refractivity contribution in [2.45, 2.75) is 52.9 Å². The van der Waals surface area contributed by atoms with Crippen LogP contribution in [0.25, 0.3) is 0 Å². The molecular formula is C9H21Br. The second-order valence-electron chi connectivity index (χ2n) is 2.40. The lowest BCUT2D eigenvalue weighted by atomic mass is 10.3. The van der Waals surface area contributed by atoms with Crippen LogP contribution in [0.15, 0.2) is 0 Å². The average Bonchev–Trinajstić information content (AvgIpc) is 2.01. The molecule has 0 spiro atoms. The van der Waals surface area contributed by atoms with Gasteiger partial charge in [0.1, 0.15) is 0 Å². The minimum absolute atomic E-state index is 1.17. The molecule has 64 valence electrons. The highest BCUT2D eigenvalue weighted by Crippen LogP contribution is 1.95. The van der Waals surface area contributed by atoms with Crippen molar-refractivity contribution in [3.8, 4) is 0 Å². The number of alkyl halides is 1. The summed E-state index contributed by atoms with van der Waals surface area (Å²) in [6, 6.07) is 0. The van der Waals surface area contributed by atoms with E-state index in [1.807, 2.05) is 0 Å². The maximum Gasteiger partial charge on any atom is 0.00313 e. The first-order valence-corrected chi connectivity index (χ1v) is 5.51. The van der Waals surface area contributed by atoms with Gasteiger partial charge in [-0.1, -0.05) is 62.4 Å². The molecule has 0 rings (SSSR count). The monoisotopic (exact) mass is 208 g/mol. The lowest BCUT2D eigenvalue weighted by Crippen LogP contribution is -1.70. The molecule has 0 saturated carbocycles. The first-order valence-electron chi connectivity index (χ1n) is 4.39. The Kier molecular flexibility index (Phi) is 21.3. The van der Waals surface area contributed by atoms with Gasteiger partial charge in [0.15, 0.2) is 0 Å². The summed E-state index contributed by atoms with van der Waals surface area (Å²) in [7, 11) is 0. The van der Waals surface area contributed by atoms with Crippen molar-refractivity contribution in [1.29, 1.82) is 0 Å². The van der Waals surface area contributed by atoms with E-state index in [2.05, 4.69) is 36.7 Å². The number of hydrogen-bond acceptors (Lipinski definition) is 0. The van der Waals surface area contributed by atoms with E-state index in [0.29, 0.717) is 0 Å². The summed E-state index contributed by atoms with van der Waals surface area (Å²) in [4.78, 5) is 0. The molecule has 0 aromatic heterocycles. The predicted octanol–water partition coefficient (Wildman–Crippen LogP) is 4.38. The number of halogens is 1. The summed E-state index contributed by atoms with van der Waals surface area (Å²) in [5.41, 5.74) is 0. The Morgan fingerprint density at radius 1 is 0.800 bits per heavy atom. The molecule has 0 unspecified atom stereocenters. The topological polar surface area (TPSA) is 0 Å². The molecule has 0 atom stereocenters. The van der Waals surface area contributed by atoms with E-state index in [9.17, 15) is 0 Å². The molecule has 0 fully saturated rings. The van der Waals surface area contributed by atoms with Crippen LogP contribution >= 0.6 is 15.9 Å². The molecular weight excluding hydrogens is 188 g/mol. The van der Waals surface area contributed by atoms with Crippen molar-refractivity contribution in [3.63, 3.8) is 0 Å². The zero-order valence-electron chi connectivity index (χ0n) is 7.62. The lowest BCUT2D eigenvalue weighted by Gasteiger charge is -1.85. The highest BCUT2D eigenvalue weighted by atomic mass is 79.9. The van der Waals surface area contributed by atoms with Crippen LogP contribution in [0.4, 0.5) is 0 Å². The Balaban J connectivity index is 0. The van der Waals surface area contributed by atoms with Crippen molar-refractivity contribution >= 4 is 15.9 Å². The maximum absolute atomic E-state index is 3.35. The Hall–Kier alpha value is 0.480. The van der Waals surface area contributed by atoms with Crippen molar-refractivity contribution in [3.05, 3.63) is 0 Å². The zero-order valence-corrected chi connectivity index (χ0v) is 9.21. The van der Waals surface area contributed by atoms with Crippen LogP contribution in [-0.4, -0.2) is 5.33 Å². The quantitative estimate of drug-likeness (QED) is 0.476. The Morgan fingerprint density at radius 3 is 1.40 bits per heavy atom. The van der Waals surface area contributed by atoms with E-state index in [4.69, 9.17) is 0 Å². The number of unbranched alkanes of at least 4 members (excludes halogenated alkanes) is 3. The highest BCUT2D eigenvalue weighted by Gasteiger charge is 1.76. The van der Waals surface area contributed by atoms with Gasteiger partial charge in [0.2, 0.25) is 0 Å². The van der Waals surface area contributed by atoms with Crippen molar-refractivity contribution < 1.29 is 0 Å². The van der Waals surface area contributed by atoms with Crippen LogP contribution in [0.1, 0.15) is 52.9 Å². The fourth-order valence-electron chi connectivity index (χ4n) is 0.344. The summed E-state index contributed by atoms with van der Waals surface area (Å²) in [5, 5.41) is 1.17. The molecule has 1 heteroatoms. The molecule has 0 bridgehead atoms.